The highest BCUT2D eigenvalue weighted by Crippen LogP contribution is 2.18. The molecule has 71 heavy (non-hydrogen) atoms. The average Bonchev–Trinajstić information content (AvgIpc) is 3.37. The first-order chi connectivity index (χ1) is 35.0. The van der Waals surface area contributed by atoms with Gasteiger partial charge in [0.15, 0.2) is 0 Å². The molecule has 0 aliphatic carbocycles. The molecular formula is C65H125NO5. The summed E-state index contributed by atoms with van der Waals surface area (Å²) in [6.07, 6.45) is 75.0. The second-order valence-electron chi connectivity index (χ2n) is 22.1. The predicted molar refractivity (Wildman–Crippen MR) is 310 cm³/mol. The van der Waals surface area contributed by atoms with E-state index >= 15 is 0 Å². The number of aliphatic hydroxyl groups excluding tert-OH is 2. The van der Waals surface area contributed by atoms with Crippen molar-refractivity contribution in [3.05, 3.63) is 24.3 Å². The molecule has 0 aliphatic rings. The largest absolute Gasteiger partial charge is 0.466 e. The molecule has 2 atom stereocenters. The molecule has 6 nitrogen and oxygen atoms in total. The van der Waals surface area contributed by atoms with Gasteiger partial charge in [-0.3, -0.25) is 9.59 Å². The molecule has 0 aromatic rings. The second kappa shape index (κ2) is 60.9. The van der Waals surface area contributed by atoms with Crippen LogP contribution in [0.25, 0.3) is 0 Å². The van der Waals surface area contributed by atoms with Crippen molar-refractivity contribution in [3.8, 4) is 0 Å². The van der Waals surface area contributed by atoms with Crippen LogP contribution < -0.4 is 5.32 Å². The zero-order valence-electron chi connectivity index (χ0n) is 48.0. The van der Waals surface area contributed by atoms with Crippen molar-refractivity contribution in [1.82, 2.24) is 5.32 Å². The smallest absolute Gasteiger partial charge is 0.305 e. The number of amides is 1. The number of unbranched alkanes of at least 4 members (excludes halogenated alkanes) is 47. The molecule has 0 saturated heterocycles. The third kappa shape index (κ3) is 57.5. The first-order valence-corrected chi connectivity index (χ1v) is 32.1. The Morgan fingerprint density at radius 2 is 0.662 bits per heavy atom. The fourth-order valence-corrected chi connectivity index (χ4v) is 10.0. The Kier molecular flexibility index (Phi) is 59.5. The van der Waals surface area contributed by atoms with Gasteiger partial charge in [-0.2, -0.15) is 0 Å². The lowest BCUT2D eigenvalue weighted by Crippen LogP contribution is -2.45. The first kappa shape index (κ1) is 69.3. The lowest BCUT2D eigenvalue weighted by atomic mass is 10.0. The number of hydrogen-bond acceptors (Lipinski definition) is 5. The van der Waals surface area contributed by atoms with Crippen molar-refractivity contribution in [2.75, 3.05) is 13.2 Å². The van der Waals surface area contributed by atoms with Gasteiger partial charge in [-0.05, 0) is 57.8 Å². The van der Waals surface area contributed by atoms with Crippen LogP contribution >= 0.6 is 0 Å². The van der Waals surface area contributed by atoms with Gasteiger partial charge >= 0.3 is 5.97 Å². The fourth-order valence-electron chi connectivity index (χ4n) is 10.0. The van der Waals surface area contributed by atoms with E-state index in [1.807, 2.05) is 6.08 Å². The van der Waals surface area contributed by atoms with E-state index in [0.29, 0.717) is 19.4 Å². The third-order valence-corrected chi connectivity index (χ3v) is 15.0. The Bertz CT molecular complexity index is 1110. The van der Waals surface area contributed by atoms with Crippen LogP contribution in [0.5, 0.6) is 0 Å². The summed E-state index contributed by atoms with van der Waals surface area (Å²) in [5, 5.41) is 23.2. The van der Waals surface area contributed by atoms with Gasteiger partial charge in [0.05, 0.1) is 25.4 Å². The molecule has 420 valence electrons. The van der Waals surface area contributed by atoms with Gasteiger partial charge in [0.1, 0.15) is 0 Å². The van der Waals surface area contributed by atoms with Crippen LogP contribution in [0.3, 0.4) is 0 Å². The van der Waals surface area contributed by atoms with Crippen LogP contribution in [0.2, 0.25) is 0 Å². The highest BCUT2D eigenvalue weighted by atomic mass is 16.5. The summed E-state index contributed by atoms with van der Waals surface area (Å²) in [7, 11) is 0. The van der Waals surface area contributed by atoms with Gasteiger partial charge in [0, 0.05) is 12.8 Å². The van der Waals surface area contributed by atoms with E-state index in [1.54, 1.807) is 6.08 Å². The molecular weight excluding hydrogens is 875 g/mol. The van der Waals surface area contributed by atoms with Gasteiger partial charge in [-0.15, -0.1) is 0 Å². The summed E-state index contributed by atoms with van der Waals surface area (Å²) in [6.45, 7) is 4.92. The predicted octanol–water partition coefficient (Wildman–Crippen LogP) is 20.2. The van der Waals surface area contributed by atoms with Gasteiger partial charge in [-0.1, -0.05) is 308 Å². The van der Waals surface area contributed by atoms with Crippen LogP contribution in [-0.2, 0) is 14.3 Å². The number of hydrogen-bond donors (Lipinski definition) is 3. The van der Waals surface area contributed by atoms with E-state index in [9.17, 15) is 19.8 Å². The van der Waals surface area contributed by atoms with Crippen LogP contribution in [-0.4, -0.2) is 47.4 Å². The van der Waals surface area contributed by atoms with Crippen LogP contribution in [0.4, 0.5) is 0 Å². The van der Waals surface area contributed by atoms with E-state index < -0.39 is 12.1 Å². The number of ether oxygens (including phenoxy) is 1. The third-order valence-electron chi connectivity index (χ3n) is 15.0. The maximum absolute atomic E-state index is 12.5. The number of allylic oxidation sites excluding steroid dienone is 3. The van der Waals surface area contributed by atoms with Crippen LogP contribution in [0.1, 0.15) is 354 Å². The Morgan fingerprint density at radius 3 is 1.00 bits per heavy atom. The highest BCUT2D eigenvalue weighted by molar-refractivity contribution is 5.76. The van der Waals surface area contributed by atoms with Gasteiger partial charge < -0.3 is 20.3 Å². The van der Waals surface area contributed by atoms with E-state index in [-0.39, 0.29) is 18.5 Å². The van der Waals surface area contributed by atoms with Crippen molar-refractivity contribution in [1.29, 1.82) is 0 Å². The van der Waals surface area contributed by atoms with Gasteiger partial charge in [-0.25, -0.2) is 0 Å². The summed E-state index contributed by atoms with van der Waals surface area (Å²) in [6, 6.07) is -0.631. The van der Waals surface area contributed by atoms with Crippen molar-refractivity contribution in [2.45, 2.75) is 366 Å². The lowest BCUT2D eigenvalue weighted by molar-refractivity contribution is -0.143. The highest BCUT2D eigenvalue weighted by Gasteiger charge is 2.18. The van der Waals surface area contributed by atoms with Crippen molar-refractivity contribution < 1.29 is 24.5 Å². The second-order valence-corrected chi connectivity index (χ2v) is 22.1. The molecule has 0 fully saturated rings. The molecule has 0 spiro atoms. The molecule has 2 unspecified atom stereocenters. The number of esters is 1. The first-order valence-electron chi connectivity index (χ1n) is 32.1. The molecule has 0 saturated carbocycles. The Balaban J connectivity index is 3.43. The molecule has 0 heterocycles. The van der Waals surface area contributed by atoms with Crippen molar-refractivity contribution >= 4 is 11.9 Å². The lowest BCUT2D eigenvalue weighted by Gasteiger charge is -2.20. The molecule has 3 N–H and O–H groups in total. The number of carbonyl (C=O) groups is 2. The van der Waals surface area contributed by atoms with Crippen LogP contribution in [0.15, 0.2) is 24.3 Å². The minimum atomic E-state index is -0.847. The molecule has 0 aromatic carbocycles. The normalized spacial score (nSPS) is 12.7. The summed E-state index contributed by atoms with van der Waals surface area (Å²) in [5.41, 5.74) is 0. The SMILES string of the molecule is CCCCCCCC/C=C\CCCCCCCC(=O)OCCCCCCCCCCCCCCCCCCCCCC(=O)NC(CO)C(O)/C=C/CCCCCCCCCCCCCCCCCCCC. The molecule has 0 aromatic heterocycles. The molecule has 1 amide bonds. The summed E-state index contributed by atoms with van der Waals surface area (Å²) >= 11 is 0. The van der Waals surface area contributed by atoms with E-state index in [1.165, 1.54) is 283 Å². The van der Waals surface area contributed by atoms with E-state index in [4.69, 9.17) is 4.74 Å². The molecule has 0 aliphatic heterocycles. The summed E-state index contributed by atoms with van der Waals surface area (Å²) < 4.78 is 5.48. The van der Waals surface area contributed by atoms with E-state index in [0.717, 1.165) is 44.9 Å². The molecule has 0 bridgehead atoms. The summed E-state index contributed by atoms with van der Waals surface area (Å²) in [5.74, 6) is -0.0668. The van der Waals surface area contributed by atoms with Gasteiger partial charge in [0.25, 0.3) is 0 Å². The minimum absolute atomic E-state index is 0.00101. The Hall–Kier alpha value is -1.66. The molecule has 0 radical (unpaired) electrons. The zero-order valence-corrected chi connectivity index (χ0v) is 48.0. The number of nitrogens with one attached hydrogen (secondary N) is 1. The number of aliphatic hydroxyl groups is 2. The number of rotatable bonds is 60. The maximum Gasteiger partial charge on any atom is 0.305 e. The summed E-state index contributed by atoms with van der Waals surface area (Å²) in [4.78, 5) is 24.6. The van der Waals surface area contributed by atoms with E-state index in [2.05, 4.69) is 31.3 Å². The van der Waals surface area contributed by atoms with Gasteiger partial charge in [0.2, 0.25) is 5.91 Å². The maximum atomic E-state index is 12.5. The molecule has 0 rings (SSSR count). The Labute approximate surface area is 443 Å². The fraction of sp³-hybridized carbons (Fsp3) is 0.908. The average molecular weight is 1000 g/mol. The zero-order chi connectivity index (χ0) is 51.4. The Morgan fingerprint density at radius 1 is 0.380 bits per heavy atom. The topological polar surface area (TPSA) is 95.9 Å². The standard InChI is InChI=1S/C65H125NO5/c1-3-5-7-9-11-13-15-17-19-20-21-23-26-30-33-37-41-45-49-53-57-63(68)62(61-67)66-64(69)58-54-50-46-42-38-34-31-27-24-22-25-28-32-36-40-44-48-52-56-60-71-65(70)59-55-51-47-43-39-35-29-18-16-14-12-10-8-6-4-2/h18,29,53,57,62-63,67-68H,3-17,19-28,30-52,54-56,58-61H2,1-2H3,(H,66,69)/b29-18-,57-53+. The molecule has 6 heteroatoms. The van der Waals surface area contributed by atoms with Crippen molar-refractivity contribution in [3.63, 3.8) is 0 Å². The van der Waals surface area contributed by atoms with Crippen molar-refractivity contribution in [2.24, 2.45) is 0 Å². The number of carbonyl (C=O) groups excluding carboxylic acids is 2. The quantitative estimate of drug-likeness (QED) is 0.0320. The van der Waals surface area contributed by atoms with Crippen LogP contribution in [0, 0.1) is 0 Å². The monoisotopic (exact) mass is 1000 g/mol. The minimum Gasteiger partial charge on any atom is -0.466 e.